The van der Waals surface area contributed by atoms with E-state index in [9.17, 15) is 15.2 Å². The summed E-state index contributed by atoms with van der Waals surface area (Å²) in [5, 5.41) is 35.9. The van der Waals surface area contributed by atoms with E-state index < -0.39 is 11.9 Å². The molecule has 0 saturated heterocycles. The van der Waals surface area contributed by atoms with Crippen LogP contribution in [-0.2, 0) is 4.79 Å². The third kappa shape index (κ3) is 1.78. The fraction of sp³-hybridized carbons (Fsp3) is 0.0714. The normalized spacial score (nSPS) is 16.7. The number of aromatic amines is 1. The van der Waals surface area contributed by atoms with E-state index >= 15 is 0 Å². The maximum atomic E-state index is 11.5. The van der Waals surface area contributed by atoms with Crippen LogP contribution < -0.4 is 5.32 Å². The number of nitrogens with one attached hydrogen (secondary N) is 2. The Kier molecular flexibility index (Phi) is 2.65. The van der Waals surface area contributed by atoms with Crippen LogP contribution in [0, 0.1) is 11.3 Å². The van der Waals surface area contributed by atoms with Crippen LogP contribution >= 0.6 is 0 Å². The van der Waals surface area contributed by atoms with Gasteiger partial charge in [0.15, 0.2) is 0 Å². The fourth-order valence-corrected chi connectivity index (χ4v) is 2.78. The topological polar surface area (TPSA) is 141 Å². The van der Waals surface area contributed by atoms with Gasteiger partial charge >= 0.3 is 5.97 Å². The largest absolute Gasteiger partial charge is 0.477 e. The van der Waals surface area contributed by atoms with Crippen LogP contribution in [0.5, 0.6) is 0 Å². The maximum Gasteiger partial charge on any atom is 0.353 e. The molecule has 1 aliphatic heterocycles. The molecule has 3 heterocycles. The first-order valence-corrected chi connectivity index (χ1v) is 6.59. The molecule has 9 nitrogen and oxygen atoms in total. The third-order valence-corrected chi connectivity index (χ3v) is 3.75. The molecule has 0 spiro atoms. The molecule has 3 N–H and O–H groups in total. The van der Waals surface area contributed by atoms with Crippen molar-refractivity contribution < 1.29 is 14.5 Å². The van der Waals surface area contributed by atoms with Crippen LogP contribution in [0.25, 0.3) is 11.0 Å². The summed E-state index contributed by atoms with van der Waals surface area (Å²) >= 11 is 0. The van der Waals surface area contributed by atoms with Crippen LogP contribution in [0.1, 0.15) is 17.0 Å². The summed E-state index contributed by atoms with van der Waals surface area (Å²) in [6, 6.07) is 7.22. The van der Waals surface area contributed by atoms with Crippen LogP contribution in [0.2, 0.25) is 0 Å². The van der Waals surface area contributed by atoms with Crippen molar-refractivity contribution in [2.75, 3.05) is 5.32 Å². The Morgan fingerprint density at radius 1 is 1.35 bits per heavy atom. The number of benzene rings is 1. The number of hydrogen-bond donors (Lipinski definition) is 3. The van der Waals surface area contributed by atoms with Gasteiger partial charge in [-0.15, -0.1) is 0 Å². The number of hydrogen-bond acceptors (Lipinski definition) is 7. The number of rotatable bonds is 2. The molecule has 0 radical (unpaired) electrons. The van der Waals surface area contributed by atoms with E-state index in [1.54, 1.807) is 24.4 Å². The molecule has 3 aromatic rings. The number of allylic oxidation sites excluding steroid dienone is 1. The first-order valence-electron chi connectivity index (χ1n) is 6.59. The SMILES string of the molecule is N#CC1=C(C(=O)O)Nc2[nH]ncc2C1c1cccc2nonc12. The second-order valence-corrected chi connectivity index (χ2v) is 4.94. The number of aliphatic carboxylic acids is 1. The van der Waals surface area contributed by atoms with Crippen molar-refractivity contribution in [2.45, 2.75) is 5.92 Å². The average Bonchev–Trinajstić information content (AvgIpc) is 3.20. The quantitative estimate of drug-likeness (QED) is 0.644. The van der Waals surface area contributed by atoms with Gasteiger partial charge in [-0.05, 0) is 21.9 Å². The number of anilines is 1. The molecule has 0 bridgehead atoms. The number of carboxylic acids is 1. The highest BCUT2D eigenvalue weighted by molar-refractivity contribution is 5.95. The molecule has 0 aliphatic carbocycles. The molecule has 0 saturated carbocycles. The zero-order valence-corrected chi connectivity index (χ0v) is 11.4. The van der Waals surface area contributed by atoms with Crippen molar-refractivity contribution in [3.05, 3.63) is 46.8 Å². The lowest BCUT2D eigenvalue weighted by Crippen LogP contribution is -2.23. The van der Waals surface area contributed by atoms with Gasteiger partial charge in [0.25, 0.3) is 0 Å². The summed E-state index contributed by atoms with van der Waals surface area (Å²) < 4.78 is 4.75. The van der Waals surface area contributed by atoms with E-state index in [2.05, 4.69) is 25.8 Å². The smallest absolute Gasteiger partial charge is 0.353 e. The minimum atomic E-state index is -1.22. The molecule has 23 heavy (non-hydrogen) atoms. The van der Waals surface area contributed by atoms with Crippen molar-refractivity contribution in [2.24, 2.45) is 0 Å². The first kappa shape index (κ1) is 13.0. The first-order chi connectivity index (χ1) is 11.2. The summed E-state index contributed by atoms with van der Waals surface area (Å²) in [6.45, 7) is 0. The Morgan fingerprint density at radius 3 is 3.00 bits per heavy atom. The minimum Gasteiger partial charge on any atom is -0.477 e. The van der Waals surface area contributed by atoms with E-state index in [4.69, 9.17) is 4.63 Å². The van der Waals surface area contributed by atoms with E-state index in [1.807, 2.05) is 6.07 Å². The summed E-state index contributed by atoms with van der Waals surface area (Å²) in [4.78, 5) is 11.5. The van der Waals surface area contributed by atoms with Crippen LogP contribution in [0.15, 0.2) is 40.3 Å². The molecule has 112 valence electrons. The molecule has 4 rings (SSSR count). The summed E-state index contributed by atoms with van der Waals surface area (Å²) in [5.74, 6) is -1.42. The molecule has 9 heteroatoms. The monoisotopic (exact) mass is 308 g/mol. The fourth-order valence-electron chi connectivity index (χ4n) is 2.78. The van der Waals surface area contributed by atoms with Gasteiger partial charge in [-0.1, -0.05) is 12.1 Å². The molecule has 1 unspecified atom stereocenters. The Hall–Kier alpha value is -3.67. The zero-order valence-electron chi connectivity index (χ0n) is 11.4. The summed E-state index contributed by atoms with van der Waals surface area (Å²) in [6.07, 6.45) is 1.55. The van der Waals surface area contributed by atoms with Crippen molar-refractivity contribution in [3.8, 4) is 6.07 Å². The lowest BCUT2D eigenvalue weighted by molar-refractivity contribution is -0.132. The van der Waals surface area contributed by atoms with Crippen molar-refractivity contribution >= 4 is 22.8 Å². The molecular weight excluding hydrogens is 300 g/mol. The van der Waals surface area contributed by atoms with Crippen LogP contribution in [0.4, 0.5) is 5.82 Å². The van der Waals surface area contributed by atoms with E-state index in [0.717, 1.165) is 0 Å². The van der Waals surface area contributed by atoms with Crippen LogP contribution in [-0.4, -0.2) is 31.6 Å². The molecule has 1 atom stereocenters. The number of carboxylic acid groups (broad SMARTS) is 1. The Labute approximate surface area is 128 Å². The van der Waals surface area contributed by atoms with Crippen molar-refractivity contribution in [3.63, 3.8) is 0 Å². The second-order valence-electron chi connectivity index (χ2n) is 4.94. The van der Waals surface area contributed by atoms with Gasteiger partial charge in [-0.3, -0.25) is 5.10 Å². The van der Waals surface area contributed by atoms with E-state index in [0.29, 0.717) is 28.0 Å². The van der Waals surface area contributed by atoms with E-state index in [-0.39, 0.29) is 11.3 Å². The predicted molar refractivity (Wildman–Crippen MR) is 76.1 cm³/mol. The number of aromatic nitrogens is 4. The standard InChI is InChI=1S/C14H8N6O3/c15-4-7-10(6-2-1-3-9-11(6)20-23-19-9)8-5-16-18-13(8)17-12(7)14(21)22/h1-3,5,10H,(H,21,22)(H2,16,17,18). The minimum absolute atomic E-state index is 0.0712. The molecule has 0 amide bonds. The number of fused-ring (bicyclic) bond motifs is 2. The Balaban J connectivity index is 2.04. The zero-order chi connectivity index (χ0) is 16.0. The van der Waals surface area contributed by atoms with Gasteiger partial charge in [0.1, 0.15) is 22.5 Å². The number of nitriles is 1. The van der Waals surface area contributed by atoms with Gasteiger partial charge in [0, 0.05) is 5.56 Å². The lowest BCUT2D eigenvalue weighted by Gasteiger charge is -2.24. The summed E-state index contributed by atoms with van der Waals surface area (Å²) in [7, 11) is 0. The van der Waals surface area contributed by atoms with Crippen molar-refractivity contribution in [1.82, 2.24) is 20.5 Å². The van der Waals surface area contributed by atoms with Gasteiger partial charge in [0.2, 0.25) is 0 Å². The maximum absolute atomic E-state index is 11.5. The molecule has 1 aromatic carbocycles. The molecule has 2 aromatic heterocycles. The third-order valence-electron chi connectivity index (χ3n) is 3.75. The summed E-state index contributed by atoms with van der Waals surface area (Å²) in [5.41, 5.74) is 2.17. The predicted octanol–water partition coefficient (Wildman–Crippen LogP) is 1.37. The van der Waals surface area contributed by atoms with Gasteiger partial charge in [-0.2, -0.15) is 10.4 Å². The highest BCUT2D eigenvalue weighted by Gasteiger charge is 2.35. The van der Waals surface area contributed by atoms with Gasteiger partial charge in [-0.25, -0.2) is 9.42 Å². The van der Waals surface area contributed by atoms with Crippen molar-refractivity contribution in [1.29, 1.82) is 5.26 Å². The average molecular weight is 308 g/mol. The number of carbonyl (C=O) groups is 1. The molecule has 1 aliphatic rings. The Morgan fingerprint density at radius 2 is 2.22 bits per heavy atom. The number of nitrogens with zero attached hydrogens (tertiary/aromatic N) is 4. The second kappa shape index (κ2) is 4.67. The highest BCUT2D eigenvalue weighted by atomic mass is 16.6. The number of H-pyrrole nitrogens is 1. The van der Waals surface area contributed by atoms with Gasteiger partial charge < -0.3 is 10.4 Å². The van der Waals surface area contributed by atoms with Gasteiger partial charge in [0.05, 0.1) is 23.8 Å². The molecular formula is C14H8N6O3. The lowest BCUT2D eigenvalue weighted by atomic mass is 9.82. The van der Waals surface area contributed by atoms with E-state index in [1.165, 1.54) is 0 Å². The Bertz CT molecular complexity index is 1010. The highest BCUT2D eigenvalue weighted by Crippen LogP contribution is 2.42. The molecule has 0 fully saturated rings. The van der Waals surface area contributed by atoms with Crippen LogP contribution in [0.3, 0.4) is 0 Å².